The Hall–Kier alpha value is -1.77. The molecule has 2 rings (SSSR count). The van der Waals surface area contributed by atoms with Crippen LogP contribution in [0.5, 0.6) is 0 Å². The van der Waals surface area contributed by atoms with Gasteiger partial charge in [0, 0.05) is 24.3 Å². The van der Waals surface area contributed by atoms with Crippen LogP contribution in [0.15, 0.2) is 30.9 Å². The number of allylic oxidation sites excluding steroid dienone is 1. The Bertz CT molecular complexity index is 434. The molecule has 0 radical (unpaired) electrons. The van der Waals surface area contributed by atoms with E-state index >= 15 is 0 Å². The number of hydrogen-bond donors (Lipinski definition) is 1. The quantitative estimate of drug-likeness (QED) is 0.805. The SMILES string of the molecule is C=CCc1c(C(N)=O)cccc1N1CCCC1. The van der Waals surface area contributed by atoms with Crippen molar-refractivity contribution in [1.29, 1.82) is 0 Å². The highest BCUT2D eigenvalue weighted by Gasteiger charge is 2.18. The summed E-state index contributed by atoms with van der Waals surface area (Å²) >= 11 is 0. The summed E-state index contributed by atoms with van der Waals surface area (Å²) in [5.74, 6) is -0.358. The standard InChI is InChI=1S/C14H18N2O/c1-2-6-11-12(14(15)17)7-5-8-13(11)16-9-3-4-10-16/h2,5,7-8H,1,3-4,6,9-10H2,(H2,15,17). The zero-order valence-electron chi connectivity index (χ0n) is 9.98. The lowest BCUT2D eigenvalue weighted by Crippen LogP contribution is -2.22. The first-order valence-electron chi connectivity index (χ1n) is 6.01. The summed E-state index contributed by atoms with van der Waals surface area (Å²) in [5, 5.41) is 0. The lowest BCUT2D eigenvalue weighted by molar-refractivity contribution is 0.0999. The number of primary amides is 1. The van der Waals surface area contributed by atoms with E-state index in [0.717, 1.165) is 24.3 Å². The molecule has 1 aliphatic heterocycles. The van der Waals surface area contributed by atoms with E-state index in [9.17, 15) is 4.79 Å². The molecule has 1 aromatic carbocycles. The number of carbonyl (C=O) groups is 1. The third-order valence-electron chi connectivity index (χ3n) is 3.21. The van der Waals surface area contributed by atoms with Gasteiger partial charge in [-0.2, -0.15) is 0 Å². The molecule has 0 unspecified atom stereocenters. The normalized spacial score (nSPS) is 14.9. The molecular formula is C14H18N2O. The molecule has 1 heterocycles. The molecule has 1 amide bonds. The van der Waals surface area contributed by atoms with E-state index in [0.29, 0.717) is 12.0 Å². The van der Waals surface area contributed by atoms with Crippen molar-refractivity contribution in [2.45, 2.75) is 19.3 Å². The van der Waals surface area contributed by atoms with Gasteiger partial charge in [0.15, 0.2) is 0 Å². The van der Waals surface area contributed by atoms with Crippen LogP contribution in [0.4, 0.5) is 5.69 Å². The molecule has 17 heavy (non-hydrogen) atoms. The van der Waals surface area contributed by atoms with Gasteiger partial charge in [-0.3, -0.25) is 4.79 Å². The fraction of sp³-hybridized carbons (Fsp3) is 0.357. The van der Waals surface area contributed by atoms with Crippen molar-refractivity contribution >= 4 is 11.6 Å². The van der Waals surface area contributed by atoms with Gasteiger partial charge in [0.05, 0.1) is 0 Å². The summed E-state index contributed by atoms with van der Waals surface area (Å²) in [5.41, 5.74) is 8.19. The maximum atomic E-state index is 11.4. The second-order valence-electron chi connectivity index (χ2n) is 4.35. The van der Waals surface area contributed by atoms with Crippen molar-refractivity contribution in [3.05, 3.63) is 42.0 Å². The van der Waals surface area contributed by atoms with Gasteiger partial charge in [0.1, 0.15) is 0 Å². The van der Waals surface area contributed by atoms with E-state index in [4.69, 9.17) is 5.73 Å². The van der Waals surface area contributed by atoms with Gasteiger partial charge >= 0.3 is 0 Å². The molecule has 3 nitrogen and oxygen atoms in total. The van der Waals surface area contributed by atoms with Crippen molar-refractivity contribution < 1.29 is 4.79 Å². The Morgan fingerprint density at radius 1 is 1.41 bits per heavy atom. The highest BCUT2D eigenvalue weighted by Crippen LogP contribution is 2.27. The molecule has 1 aromatic rings. The van der Waals surface area contributed by atoms with E-state index < -0.39 is 0 Å². The molecule has 0 aromatic heterocycles. The molecule has 90 valence electrons. The van der Waals surface area contributed by atoms with Gasteiger partial charge < -0.3 is 10.6 Å². The second-order valence-corrected chi connectivity index (χ2v) is 4.35. The zero-order chi connectivity index (χ0) is 12.3. The van der Waals surface area contributed by atoms with E-state index in [1.54, 1.807) is 6.07 Å². The summed E-state index contributed by atoms with van der Waals surface area (Å²) in [6.07, 6.45) is 4.94. The molecule has 0 spiro atoms. The van der Waals surface area contributed by atoms with Crippen LogP contribution in [-0.4, -0.2) is 19.0 Å². The van der Waals surface area contributed by atoms with Gasteiger partial charge in [-0.25, -0.2) is 0 Å². The number of hydrogen-bond acceptors (Lipinski definition) is 2. The minimum absolute atomic E-state index is 0.358. The highest BCUT2D eigenvalue weighted by atomic mass is 16.1. The van der Waals surface area contributed by atoms with Crippen molar-refractivity contribution in [3.63, 3.8) is 0 Å². The van der Waals surface area contributed by atoms with Gasteiger partial charge in [-0.05, 0) is 37.0 Å². The summed E-state index contributed by atoms with van der Waals surface area (Å²) < 4.78 is 0. The Morgan fingerprint density at radius 3 is 2.71 bits per heavy atom. The van der Waals surface area contributed by atoms with Gasteiger partial charge in [0.25, 0.3) is 0 Å². The fourth-order valence-corrected chi connectivity index (χ4v) is 2.42. The molecule has 0 aliphatic carbocycles. The van der Waals surface area contributed by atoms with Crippen LogP contribution < -0.4 is 10.6 Å². The second kappa shape index (κ2) is 5.04. The van der Waals surface area contributed by atoms with Crippen molar-refractivity contribution in [3.8, 4) is 0 Å². The molecule has 1 fully saturated rings. The lowest BCUT2D eigenvalue weighted by atomic mass is 10.0. The monoisotopic (exact) mass is 230 g/mol. The highest BCUT2D eigenvalue weighted by molar-refractivity contribution is 5.96. The first-order chi connectivity index (χ1) is 8.24. The van der Waals surface area contributed by atoms with Crippen molar-refractivity contribution in [1.82, 2.24) is 0 Å². The van der Waals surface area contributed by atoms with Crippen molar-refractivity contribution in [2.75, 3.05) is 18.0 Å². The van der Waals surface area contributed by atoms with Gasteiger partial charge in [-0.15, -0.1) is 6.58 Å². The van der Waals surface area contributed by atoms with Crippen LogP contribution in [-0.2, 0) is 6.42 Å². The summed E-state index contributed by atoms with van der Waals surface area (Å²) in [6, 6.07) is 5.76. The van der Waals surface area contributed by atoms with E-state index in [1.807, 2.05) is 12.1 Å². The summed E-state index contributed by atoms with van der Waals surface area (Å²) in [4.78, 5) is 13.8. The summed E-state index contributed by atoms with van der Waals surface area (Å²) in [6.45, 7) is 5.88. The number of nitrogens with two attached hydrogens (primary N) is 1. The van der Waals surface area contributed by atoms with Crippen LogP contribution in [0.3, 0.4) is 0 Å². The average molecular weight is 230 g/mol. The molecule has 1 saturated heterocycles. The van der Waals surface area contributed by atoms with Crippen molar-refractivity contribution in [2.24, 2.45) is 5.73 Å². The first-order valence-corrected chi connectivity index (χ1v) is 6.01. The van der Waals surface area contributed by atoms with Crippen LogP contribution in [0.25, 0.3) is 0 Å². The molecular weight excluding hydrogens is 212 g/mol. The Morgan fingerprint density at radius 2 is 2.12 bits per heavy atom. The number of nitrogens with zero attached hydrogens (tertiary/aromatic N) is 1. The molecule has 0 bridgehead atoms. The number of amides is 1. The number of anilines is 1. The topological polar surface area (TPSA) is 46.3 Å². The zero-order valence-corrected chi connectivity index (χ0v) is 9.98. The first kappa shape index (κ1) is 11.7. The van der Waals surface area contributed by atoms with E-state index in [1.165, 1.54) is 12.8 Å². The smallest absolute Gasteiger partial charge is 0.249 e. The average Bonchev–Trinajstić information content (AvgIpc) is 2.83. The van der Waals surface area contributed by atoms with Crippen LogP contribution in [0, 0.1) is 0 Å². The molecule has 2 N–H and O–H groups in total. The Kier molecular flexibility index (Phi) is 3.47. The third-order valence-corrected chi connectivity index (χ3v) is 3.21. The maximum absolute atomic E-state index is 11.4. The molecule has 3 heteroatoms. The van der Waals surface area contributed by atoms with Crippen LogP contribution in [0.2, 0.25) is 0 Å². The lowest BCUT2D eigenvalue weighted by Gasteiger charge is -2.22. The van der Waals surface area contributed by atoms with E-state index in [-0.39, 0.29) is 5.91 Å². The van der Waals surface area contributed by atoms with Gasteiger partial charge in [0.2, 0.25) is 5.91 Å². The Balaban J connectivity index is 2.45. The van der Waals surface area contributed by atoms with Crippen LogP contribution >= 0.6 is 0 Å². The predicted molar refractivity (Wildman–Crippen MR) is 70.3 cm³/mol. The van der Waals surface area contributed by atoms with Crippen LogP contribution in [0.1, 0.15) is 28.8 Å². The molecule has 0 atom stereocenters. The fourth-order valence-electron chi connectivity index (χ4n) is 2.42. The predicted octanol–water partition coefficient (Wildman–Crippen LogP) is 2.11. The van der Waals surface area contributed by atoms with E-state index in [2.05, 4.69) is 17.5 Å². The largest absolute Gasteiger partial charge is 0.371 e. The number of carbonyl (C=O) groups excluding carboxylic acids is 1. The van der Waals surface area contributed by atoms with Gasteiger partial charge in [-0.1, -0.05) is 12.1 Å². The molecule has 1 aliphatic rings. The number of rotatable bonds is 4. The minimum Gasteiger partial charge on any atom is -0.371 e. The maximum Gasteiger partial charge on any atom is 0.249 e. The minimum atomic E-state index is -0.358. The Labute approximate surface area is 102 Å². The summed E-state index contributed by atoms with van der Waals surface area (Å²) in [7, 11) is 0. The number of benzene rings is 1. The molecule has 0 saturated carbocycles. The third kappa shape index (κ3) is 2.33.